The number of carbonyl (C=O) groups is 1. The predicted molar refractivity (Wildman–Crippen MR) is 79.1 cm³/mol. The molecule has 3 nitrogen and oxygen atoms in total. The van der Waals surface area contributed by atoms with Crippen molar-refractivity contribution in [3.05, 3.63) is 28.8 Å². The topological polar surface area (TPSA) is 40.5 Å². The lowest BCUT2D eigenvalue weighted by Gasteiger charge is -2.29. The molecule has 3 rings (SSSR count). The van der Waals surface area contributed by atoms with Crippen molar-refractivity contribution < 1.29 is 9.90 Å². The van der Waals surface area contributed by atoms with Crippen LogP contribution in [-0.2, 0) is 0 Å². The summed E-state index contributed by atoms with van der Waals surface area (Å²) in [6, 6.07) is 5.13. The number of hydrogen-bond donors (Lipinski definition) is 1. The van der Waals surface area contributed by atoms with Gasteiger partial charge in [-0.2, -0.15) is 0 Å². The second-order valence-electron chi connectivity index (χ2n) is 5.92. The molecule has 0 spiro atoms. The van der Waals surface area contributed by atoms with Crippen molar-refractivity contribution in [3.8, 4) is 5.75 Å². The van der Waals surface area contributed by atoms with Crippen molar-refractivity contribution in [2.45, 2.75) is 44.6 Å². The smallest absolute Gasteiger partial charge is 0.254 e. The van der Waals surface area contributed by atoms with E-state index >= 15 is 0 Å². The van der Waals surface area contributed by atoms with Gasteiger partial charge in [-0.1, -0.05) is 24.4 Å². The highest BCUT2D eigenvalue weighted by Crippen LogP contribution is 2.36. The van der Waals surface area contributed by atoms with Gasteiger partial charge in [0.15, 0.2) is 0 Å². The Morgan fingerprint density at radius 2 is 1.95 bits per heavy atom. The molecule has 1 saturated carbocycles. The molecule has 1 saturated heterocycles. The fourth-order valence-electron chi connectivity index (χ4n) is 3.68. The molecule has 1 N–H and O–H groups in total. The summed E-state index contributed by atoms with van der Waals surface area (Å²) < 4.78 is 0. The van der Waals surface area contributed by atoms with Gasteiger partial charge >= 0.3 is 0 Å². The van der Waals surface area contributed by atoms with Gasteiger partial charge in [-0.3, -0.25) is 4.79 Å². The summed E-state index contributed by atoms with van der Waals surface area (Å²) in [5.74, 6) is 0.757. The second-order valence-corrected chi connectivity index (χ2v) is 6.33. The molecule has 1 aromatic carbocycles. The number of benzene rings is 1. The van der Waals surface area contributed by atoms with Gasteiger partial charge in [0, 0.05) is 18.2 Å². The van der Waals surface area contributed by atoms with Crippen molar-refractivity contribution in [3.63, 3.8) is 0 Å². The first-order chi connectivity index (χ1) is 9.66. The van der Waals surface area contributed by atoms with Crippen molar-refractivity contribution >= 4 is 17.5 Å². The first-order valence-corrected chi connectivity index (χ1v) is 7.84. The van der Waals surface area contributed by atoms with E-state index in [4.69, 9.17) is 11.6 Å². The number of likely N-dealkylation sites (tertiary alicyclic amines) is 1. The Morgan fingerprint density at radius 1 is 1.20 bits per heavy atom. The molecule has 4 heteroatoms. The number of rotatable bonds is 2. The minimum atomic E-state index is 0.0250. The standard InChI is InChI=1S/C16H20ClNO2/c17-13-10-12(7-8-15(13)19)16(20)18-9-3-6-14(18)11-4-1-2-5-11/h7-8,10-11,14,19H,1-6,9H2. The third-order valence-electron chi connectivity index (χ3n) is 4.70. The molecule has 1 amide bonds. The molecule has 2 aliphatic rings. The van der Waals surface area contributed by atoms with Gasteiger partial charge in [0.1, 0.15) is 5.75 Å². The van der Waals surface area contributed by atoms with Crippen LogP contribution in [0.5, 0.6) is 5.75 Å². The van der Waals surface area contributed by atoms with E-state index < -0.39 is 0 Å². The summed E-state index contributed by atoms with van der Waals surface area (Å²) in [5, 5.41) is 9.70. The number of amides is 1. The maximum atomic E-state index is 12.7. The molecule has 1 aliphatic carbocycles. The fourth-order valence-corrected chi connectivity index (χ4v) is 3.86. The zero-order chi connectivity index (χ0) is 14.1. The first-order valence-electron chi connectivity index (χ1n) is 7.46. The van der Waals surface area contributed by atoms with E-state index in [1.807, 2.05) is 4.90 Å². The molecule has 2 fully saturated rings. The summed E-state index contributed by atoms with van der Waals surface area (Å²) in [6.45, 7) is 0.846. The lowest BCUT2D eigenvalue weighted by atomic mass is 9.95. The third kappa shape index (κ3) is 2.51. The minimum absolute atomic E-state index is 0.0250. The largest absolute Gasteiger partial charge is 0.506 e. The van der Waals surface area contributed by atoms with Gasteiger partial charge in [0.05, 0.1) is 5.02 Å². The normalized spacial score (nSPS) is 23.4. The number of nitrogens with zero attached hydrogens (tertiary/aromatic N) is 1. The van der Waals surface area contributed by atoms with Gasteiger partial charge in [-0.05, 0) is 49.8 Å². The maximum Gasteiger partial charge on any atom is 0.254 e. The molecule has 1 heterocycles. The average molecular weight is 294 g/mol. The fraction of sp³-hybridized carbons (Fsp3) is 0.562. The van der Waals surface area contributed by atoms with Crippen molar-refractivity contribution in [2.75, 3.05) is 6.54 Å². The quantitative estimate of drug-likeness (QED) is 0.900. The van der Waals surface area contributed by atoms with Gasteiger partial charge in [0.2, 0.25) is 0 Å². The van der Waals surface area contributed by atoms with E-state index in [1.165, 1.54) is 31.7 Å². The zero-order valence-electron chi connectivity index (χ0n) is 11.5. The number of aromatic hydroxyl groups is 1. The van der Waals surface area contributed by atoms with Crippen LogP contribution in [0.15, 0.2) is 18.2 Å². The summed E-state index contributed by atoms with van der Waals surface area (Å²) in [7, 11) is 0. The van der Waals surface area contributed by atoms with E-state index in [9.17, 15) is 9.90 Å². The zero-order valence-corrected chi connectivity index (χ0v) is 12.3. The van der Waals surface area contributed by atoms with E-state index in [0.29, 0.717) is 17.5 Å². The maximum absolute atomic E-state index is 12.7. The van der Waals surface area contributed by atoms with Crippen LogP contribution < -0.4 is 0 Å². The van der Waals surface area contributed by atoms with Gasteiger partial charge < -0.3 is 10.0 Å². The molecule has 1 aromatic rings. The van der Waals surface area contributed by atoms with Crippen molar-refractivity contribution in [1.82, 2.24) is 4.90 Å². The van der Waals surface area contributed by atoms with Crippen LogP contribution in [-0.4, -0.2) is 28.5 Å². The van der Waals surface area contributed by atoms with Crippen LogP contribution in [0.1, 0.15) is 48.9 Å². The Labute approximate surface area is 124 Å². The number of hydrogen-bond acceptors (Lipinski definition) is 2. The monoisotopic (exact) mass is 293 g/mol. The van der Waals surface area contributed by atoms with Crippen molar-refractivity contribution in [1.29, 1.82) is 0 Å². The van der Waals surface area contributed by atoms with Gasteiger partial charge in [-0.15, -0.1) is 0 Å². The molecule has 1 unspecified atom stereocenters. The molecule has 1 atom stereocenters. The van der Waals surface area contributed by atoms with Gasteiger partial charge in [-0.25, -0.2) is 0 Å². The molecule has 108 valence electrons. The molecule has 1 aliphatic heterocycles. The van der Waals surface area contributed by atoms with Crippen LogP contribution in [0.25, 0.3) is 0 Å². The summed E-state index contributed by atoms with van der Waals surface area (Å²) in [4.78, 5) is 14.7. The molecular weight excluding hydrogens is 274 g/mol. The first kappa shape index (κ1) is 13.7. The number of halogens is 1. The van der Waals surface area contributed by atoms with Crippen LogP contribution in [0.3, 0.4) is 0 Å². The summed E-state index contributed by atoms with van der Waals surface area (Å²) in [5.41, 5.74) is 0.581. The Hall–Kier alpha value is -1.22. The number of phenolic OH excluding ortho intramolecular Hbond substituents is 1. The molecule has 0 bridgehead atoms. The summed E-state index contributed by atoms with van der Waals surface area (Å²) in [6.07, 6.45) is 7.33. The molecule has 0 radical (unpaired) electrons. The Morgan fingerprint density at radius 3 is 2.65 bits per heavy atom. The number of carbonyl (C=O) groups excluding carboxylic acids is 1. The third-order valence-corrected chi connectivity index (χ3v) is 5.00. The Balaban J connectivity index is 1.79. The van der Waals surface area contributed by atoms with E-state index in [1.54, 1.807) is 12.1 Å². The van der Waals surface area contributed by atoms with Crippen LogP contribution in [0, 0.1) is 5.92 Å². The SMILES string of the molecule is O=C(c1ccc(O)c(Cl)c1)N1CCCC1C1CCCC1. The predicted octanol–water partition coefficient (Wildman–Crippen LogP) is 3.84. The minimum Gasteiger partial charge on any atom is -0.506 e. The van der Waals surface area contributed by atoms with Gasteiger partial charge in [0.25, 0.3) is 5.91 Å². The van der Waals surface area contributed by atoms with E-state index in [2.05, 4.69) is 0 Å². The highest BCUT2D eigenvalue weighted by atomic mass is 35.5. The molecule has 20 heavy (non-hydrogen) atoms. The van der Waals surface area contributed by atoms with Crippen LogP contribution in [0.4, 0.5) is 0 Å². The van der Waals surface area contributed by atoms with Crippen LogP contribution >= 0.6 is 11.6 Å². The van der Waals surface area contributed by atoms with E-state index in [-0.39, 0.29) is 16.7 Å². The summed E-state index contributed by atoms with van der Waals surface area (Å²) >= 11 is 5.91. The highest BCUT2D eigenvalue weighted by Gasteiger charge is 2.36. The molecular formula is C16H20ClNO2. The Bertz CT molecular complexity index is 511. The van der Waals surface area contributed by atoms with E-state index in [0.717, 1.165) is 19.4 Å². The average Bonchev–Trinajstić information content (AvgIpc) is 3.10. The van der Waals surface area contributed by atoms with Crippen LogP contribution in [0.2, 0.25) is 5.02 Å². The lowest BCUT2D eigenvalue weighted by Crippen LogP contribution is -2.39. The Kier molecular flexibility index (Phi) is 3.88. The van der Waals surface area contributed by atoms with Crippen molar-refractivity contribution in [2.24, 2.45) is 5.92 Å². The second kappa shape index (κ2) is 5.65. The highest BCUT2D eigenvalue weighted by molar-refractivity contribution is 6.32. The lowest BCUT2D eigenvalue weighted by molar-refractivity contribution is 0.0689. The number of phenols is 1. The molecule has 0 aromatic heterocycles.